The molecule has 0 aliphatic heterocycles. The van der Waals surface area contributed by atoms with Crippen LogP contribution in [-0.4, -0.2) is 17.2 Å². The van der Waals surface area contributed by atoms with Gasteiger partial charge in [0, 0.05) is 24.3 Å². The van der Waals surface area contributed by atoms with E-state index in [9.17, 15) is 4.79 Å². The van der Waals surface area contributed by atoms with Crippen LogP contribution in [0.5, 0.6) is 0 Å². The summed E-state index contributed by atoms with van der Waals surface area (Å²) < 4.78 is 1.86. The highest BCUT2D eigenvalue weighted by molar-refractivity contribution is 5.05. The number of nitrogens with zero attached hydrogens (tertiary/aromatic N) is 1. The van der Waals surface area contributed by atoms with Gasteiger partial charge in [-0.25, -0.2) is 0 Å². The number of aromatic nitrogens is 1. The van der Waals surface area contributed by atoms with Gasteiger partial charge in [0.25, 0.3) is 5.56 Å². The SMILES string of the molecule is CCCNC(Cn1c(C)cccc1=O)C(C)(C)C. The molecule has 1 unspecified atom stereocenters. The van der Waals surface area contributed by atoms with Crippen molar-refractivity contribution in [3.63, 3.8) is 0 Å². The van der Waals surface area contributed by atoms with E-state index in [1.54, 1.807) is 6.07 Å². The molecule has 0 fully saturated rings. The van der Waals surface area contributed by atoms with Crippen LogP contribution in [0.15, 0.2) is 23.0 Å². The maximum atomic E-state index is 11.9. The zero-order valence-electron chi connectivity index (χ0n) is 12.3. The maximum Gasteiger partial charge on any atom is 0.250 e. The Morgan fingerprint density at radius 3 is 2.50 bits per heavy atom. The molecule has 1 N–H and O–H groups in total. The molecule has 0 spiro atoms. The maximum absolute atomic E-state index is 11.9. The fraction of sp³-hybridized carbons (Fsp3) is 0.667. The molecule has 0 amide bonds. The van der Waals surface area contributed by atoms with Crippen LogP contribution in [-0.2, 0) is 6.54 Å². The van der Waals surface area contributed by atoms with Gasteiger partial charge in [0.15, 0.2) is 0 Å². The molecule has 0 saturated carbocycles. The highest BCUT2D eigenvalue weighted by atomic mass is 16.1. The molecule has 0 aromatic carbocycles. The lowest BCUT2D eigenvalue weighted by atomic mass is 9.86. The molecular weight excluding hydrogens is 224 g/mol. The quantitative estimate of drug-likeness (QED) is 0.871. The van der Waals surface area contributed by atoms with Crippen LogP contribution in [0.2, 0.25) is 0 Å². The van der Waals surface area contributed by atoms with Gasteiger partial charge in [-0.1, -0.05) is 33.8 Å². The second-order valence-electron chi connectivity index (χ2n) is 5.99. The minimum absolute atomic E-state index is 0.0857. The second kappa shape index (κ2) is 6.19. The Morgan fingerprint density at radius 2 is 2.00 bits per heavy atom. The van der Waals surface area contributed by atoms with Gasteiger partial charge in [-0.2, -0.15) is 0 Å². The van der Waals surface area contributed by atoms with Gasteiger partial charge in [-0.15, -0.1) is 0 Å². The van der Waals surface area contributed by atoms with Crippen LogP contribution in [0, 0.1) is 12.3 Å². The van der Waals surface area contributed by atoms with Crippen molar-refractivity contribution in [2.75, 3.05) is 6.54 Å². The molecule has 1 rings (SSSR count). The van der Waals surface area contributed by atoms with Crippen molar-refractivity contribution in [1.82, 2.24) is 9.88 Å². The zero-order valence-corrected chi connectivity index (χ0v) is 12.3. The fourth-order valence-electron chi connectivity index (χ4n) is 2.00. The first-order valence-electron chi connectivity index (χ1n) is 6.76. The lowest BCUT2D eigenvalue weighted by Gasteiger charge is -2.32. The first kappa shape index (κ1) is 15.0. The third-order valence-corrected chi connectivity index (χ3v) is 3.32. The van der Waals surface area contributed by atoms with Crippen molar-refractivity contribution in [3.05, 3.63) is 34.2 Å². The van der Waals surface area contributed by atoms with Gasteiger partial charge in [0.1, 0.15) is 0 Å². The van der Waals surface area contributed by atoms with Gasteiger partial charge >= 0.3 is 0 Å². The Bertz CT molecular complexity index is 429. The van der Waals surface area contributed by atoms with Gasteiger partial charge < -0.3 is 9.88 Å². The Balaban J connectivity index is 2.93. The van der Waals surface area contributed by atoms with E-state index >= 15 is 0 Å². The monoisotopic (exact) mass is 250 g/mol. The van der Waals surface area contributed by atoms with Crippen LogP contribution in [0.3, 0.4) is 0 Å². The predicted octanol–water partition coefficient (Wildman–Crippen LogP) is 2.57. The summed E-state index contributed by atoms with van der Waals surface area (Å²) in [6.07, 6.45) is 1.11. The standard InChI is InChI=1S/C15H26N2O/c1-6-10-16-13(15(3,4)5)11-17-12(2)8-7-9-14(17)18/h7-9,13,16H,6,10-11H2,1-5H3. The summed E-state index contributed by atoms with van der Waals surface area (Å²) >= 11 is 0. The number of nitrogens with one attached hydrogen (secondary N) is 1. The fourth-order valence-corrected chi connectivity index (χ4v) is 2.00. The van der Waals surface area contributed by atoms with E-state index in [2.05, 4.69) is 33.0 Å². The second-order valence-corrected chi connectivity index (χ2v) is 5.99. The van der Waals surface area contributed by atoms with Crippen molar-refractivity contribution in [3.8, 4) is 0 Å². The molecule has 1 aromatic heterocycles. The minimum atomic E-state index is 0.0857. The Kier molecular flexibility index (Phi) is 5.15. The molecule has 3 heteroatoms. The Morgan fingerprint density at radius 1 is 1.33 bits per heavy atom. The van der Waals surface area contributed by atoms with E-state index in [4.69, 9.17) is 0 Å². The number of pyridine rings is 1. The summed E-state index contributed by atoms with van der Waals surface area (Å²) in [5, 5.41) is 3.55. The van der Waals surface area contributed by atoms with Crippen LogP contribution in [0.4, 0.5) is 0 Å². The summed E-state index contributed by atoms with van der Waals surface area (Å²) in [5.74, 6) is 0. The summed E-state index contributed by atoms with van der Waals surface area (Å²) in [5.41, 5.74) is 1.24. The highest BCUT2D eigenvalue weighted by Crippen LogP contribution is 2.20. The summed E-state index contributed by atoms with van der Waals surface area (Å²) in [4.78, 5) is 11.9. The molecule has 1 heterocycles. The molecule has 1 aromatic rings. The van der Waals surface area contributed by atoms with E-state index in [0.717, 1.165) is 25.2 Å². The molecule has 0 aliphatic rings. The summed E-state index contributed by atoms with van der Waals surface area (Å²) in [7, 11) is 0. The number of rotatable bonds is 5. The van der Waals surface area contributed by atoms with Crippen LogP contribution in [0.1, 0.15) is 39.8 Å². The normalized spacial score (nSPS) is 13.6. The van der Waals surface area contributed by atoms with Crippen LogP contribution < -0.4 is 10.9 Å². The van der Waals surface area contributed by atoms with Crippen molar-refractivity contribution in [1.29, 1.82) is 0 Å². The lowest BCUT2D eigenvalue weighted by Crippen LogP contribution is -2.45. The Labute approximate surface area is 110 Å². The smallest absolute Gasteiger partial charge is 0.250 e. The summed E-state index contributed by atoms with van der Waals surface area (Å²) in [6, 6.07) is 5.74. The molecule has 3 nitrogen and oxygen atoms in total. The average molecular weight is 250 g/mol. The lowest BCUT2D eigenvalue weighted by molar-refractivity contribution is 0.239. The van der Waals surface area contributed by atoms with Crippen molar-refractivity contribution in [2.24, 2.45) is 5.41 Å². The molecule has 0 saturated heterocycles. The van der Waals surface area contributed by atoms with Gasteiger partial charge in [0.2, 0.25) is 0 Å². The van der Waals surface area contributed by atoms with Crippen molar-refractivity contribution < 1.29 is 0 Å². The molecular formula is C15H26N2O. The summed E-state index contributed by atoms with van der Waals surface area (Å²) in [6.45, 7) is 12.5. The number of hydrogen-bond donors (Lipinski definition) is 1. The molecule has 0 aliphatic carbocycles. The third kappa shape index (κ3) is 3.98. The number of aryl methyl sites for hydroxylation is 1. The zero-order chi connectivity index (χ0) is 13.8. The first-order valence-corrected chi connectivity index (χ1v) is 6.76. The first-order chi connectivity index (χ1) is 8.36. The number of hydrogen-bond acceptors (Lipinski definition) is 2. The molecule has 0 bridgehead atoms. The molecule has 0 radical (unpaired) electrons. The van der Waals surface area contributed by atoms with E-state index in [-0.39, 0.29) is 11.0 Å². The highest BCUT2D eigenvalue weighted by Gasteiger charge is 2.24. The minimum Gasteiger partial charge on any atom is -0.312 e. The van der Waals surface area contributed by atoms with E-state index in [1.807, 2.05) is 23.6 Å². The van der Waals surface area contributed by atoms with Gasteiger partial charge in [0.05, 0.1) is 0 Å². The average Bonchev–Trinajstić information content (AvgIpc) is 2.26. The molecule has 18 heavy (non-hydrogen) atoms. The van der Waals surface area contributed by atoms with E-state index < -0.39 is 0 Å². The molecule has 102 valence electrons. The topological polar surface area (TPSA) is 34.0 Å². The Hall–Kier alpha value is -1.09. The largest absolute Gasteiger partial charge is 0.312 e. The van der Waals surface area contributed by atoms with Gasteiger partial charge in [-0.3, -0.25) is 4.79 Å². The van der Waals surface area contributed by atoms with Crippen LogP contribution in [0.25, 0.3) is 0 Å². The van der Waals surface area contributed by atoms with Gasteiger partial charge in [-0.05, 0) is 31.4 Å². The van der Waals surface area contributed by atoms with Crippen molar-refractivity contribution >= 4 is 0 Å². The third-order valence-electron chi connectivity index (χ3n) is 3.32. The van der Waals surface area contributed by atoms with Crippen LogP contribution >= 0.6 is 0 Å². The van der Waals surface area contributed by atoms with E-state index in [1.165, 1.54) is 0 Å². The predicted molar refractivity (Wildman–Crippen MR) is 77.0 cm³/mol. The van der Waals surface area contributed by atoms with E-state index in [0.29, 0.717) is 6.04 Å². The molecule has 1 atom stereocenters. The van der Waals surface area contributed by atoms with Crippen molar-refractivity contribution in [2.45, 2.75) is 53.6 Å².